The van der Waals surface area contributed by atoms with Gasteiger partial charge in [-0.3, -0.25) is 0 Å². The van der Waals surface area contributed by atoms with Crippen molar-refractivity contribution < 1.29 is 8.42 Å². The highest BCUT2D eigenvalue weighted by atomic mass is 79.9. The Hall–Kier alpha value is 0.0900. The zero-order chi connectivity index (χ0) is 13.2. The first-order valence-corrected chi connectivity index (χ1v) is 9.01. The van der Waals surface area contributed by atoms with E-state index in [1.165, 1.54) is 11.1 Å². The Morgan fingerprint density at radius 1 is 1.53 bits per heavy atom. The van der Waals surface area contributed by atoms with Crippen molar-refractivity contribution in [3.8, 4) is 0 Å². The zero-order valence-corrected chi connectivity index (χ0v) is 13.7. The molecular formula is C11H18BrNO2S2. The Kier molecular flexibility index (Phi) is 5.19. The number of sulfone groups is 1. The van der Waals surface area contributed by atoms with Crippen molar-refractivity contribution in [1.29, 1.82) is 0 Å². The number of aryl methyl sites for hydroxylation is 1. The van der Waals surface area contributed by atoms with Crippen LogP contribution in [0.2, 0.25) is 0 Å². The topological polar surface area (TPSA) is 46.2 Å². The van der Waals surface area contributed by atoms with E-state index in [-0.39, 0.29) is 6.04 Å². The van der Waals surface area contributed by atoms with E-state index in [9.17, 15) is 8.42 Å². The highest BCUT2D eigenvalue weighted by molar-refractivity contribution is 9.10. The summed E-state index contributed by atoms with van der Waals surface area (Å²) in [5.41, 5.74) is 0. The van der Waals surface area contributed by atoms with Gasteiger partial charge < -0.3 is 5.32 Å². The molecule has 0 aromatic carbocycles. The van der Waals surface area contributed by atoms with E-state index in [1.807, 2.05) is 19.9 Å². The van der Waals surface area contributed by atoms with Crippen molar-refractivity contribution in [3.63, 3.8) is 0 Å². The normalized spacial score (nSPS) is 15.8. The van der Waals surface area contributed by atoms with Gasteiger partial charge >= 0.3 is 0 Å². The van der Waals surface area contributed by atoms with Crippen LogP contribution in [0.25, 0.3) is 0 Å². The molecule has 0 spiro atoms. The predicted molar refractivity (Wildman–Crippen MR) is 77.5 cm³/mol. The summed E-state index contributed by atoms with van der Waals surface area (Å²) in [6.45, 7) is 6.51. The van der Waals surface area contributed by atoms with Gasteiger partial charge in [-0.1, -0.05) is 6.92 Å². The summed E-state index contributed by atoms with van der Waals surface area (Å²) in [6, 6.07) is 1.87. The SMILES string of the molecule is CCNC(c1cc(Br)c(C)s1)C(C)S(C)(=O)=O. The maximum Gasteiger partial charge on any atom is 0.151 e. The fourth-order valence-electron chi connectivity index (χ4n) is 1.60. The van der Waals surface area contributed by atoms with E-state index in [0.29, 0.717) is 0 Å². The second kappa shape index (κ2) is 5.82. The number of thiophene rings is 1. The molecule has 2 atom stereocenters. The Bertz CT molecular complexity index is 462. The van der Waals surface area contributed by atoms with E-state index in [0.717, 1.165) is 15.9 Å². The molecule has 1 aromatic rings. The highest BCUT2D eigenvalue weighted by Crippen LogP contribution is 2.33. The minimum atomic E-state index is -3.05. The third-order valence-corrected chi connectivity index (χ3v) is 6.59. The zero-order valence-electron chi connectivity index (χ0n) is 10.5. The molecule has 6 heteroatoms. The fraction of sp³-hybridized carbons (Fsp3) is 0.636. The molecule has 1 N–H and O–H groups in total. The largest absolute Gasteiger partial charge is 0.308 e. The van der Waals surface area contributed by atoms with E-state index in [2.05, 4.69) is 21.2 Å². The van der Waals surface area contributed by atoms with Crippen molar-refractivity contribution in [2.24, 2.45) is 0 Å². The number of hydrogen-bond donors (Lipinski definition) is 1. The second-order valence-electron chi connectivity index (χ2n) is 4.12. The molecule has 0 radical (unpaired) electrons. The van der Waals surface area contributed by atoms with E-state index in [1.54, 1.807) is 18.3 Å². The first-order chi connectivity index (χ1) is 7.77. The van der Waals surface area contributed by atoms with Crippen LogP contribution >= 0.6 is 27.3 Å². The number of nitrogens with one attached hydrogen (secondary N) is 1. The molecule has 0 aliphatic heterocycles. The van der Waals surface area contributed by atoms with Gasteiger partial charge in [0, 0.05) is 20.5 Å². The average Bonchev–Trinajstić information content (AvgIpc) is 2.53. The third kappa shape index (κ3) is 3.77. The Morgan fingerprint density at radius 3 is 2.47 bits per heavy atom. The Balaban J connectivity index is 3.09. The molecule has 3 nitrogen and oxygen atoms in total. The van der Waals surface area contributed by atoms with Crippen molar-refractivity contribution in [1.82, 2.24) is 5.32 Å². The molecule has 0 bridgehead atoms. The fourth-order valence-corrected chi connectivity index (χ4v) is 4.17. The first-order valence-electron chi connectivity index (χ1n) is 5.45. The van der Waals surface area contributed by atoms with Crippen molar-refractivity contribution in [2.45, 2.75) is 32.1 Å². The summed E-state index contributed by atoms with van der Waals surface area (Å²) in [5, 5.41) is 2.83. The summed E-state index contributed by atoms with van der Waals surface area (Å²) in [6.07, 6.45) is 1.29. The summed E-state index contributed by atoms with van der Waals surface area (Å²) < 4.78 is 24.4. The molecule has 0 saturated carbocycles. The number of rotatable bonds is 5. The van der Waals surface area contributed by atoms with Crippen LogP contribution in [0.5, 0.6) is 0 Å². The third-order valence-electron chi connectivity index (χ3n) is 2.75. The van der Waals surface area contributed by atoms with Crippen LogP contribution < -0.4 is 5.32 Å². The van der Waals surface area contributed by atoms with Gasteiger partial charge in [-0.25, -0.2) is 8.42 Å². The lowest BCUT2D eigenvalue weighted by Gasteiger charge is -2.22. The standard InChI is InChI=1S/C11H18BrNO2S2/c1-5-13-11(8(3)17(4,14)15)10-6-9(12)7(2)16-10/h6,8,11,13H,5H2,1-4H3. The Labute approximate surface area is 116 Å². The average molecular weight is 340 g/mol. The number of hydrogen-bond acceptors (Lipinski definition) is 4. The maximum absolute atomic E-state index is 11.7. The van der Waals surface area contributed by atoms with Crippen LogP contribution in [-0.2, 0) is 9.84 Å². The lowest BCUT2D eigenvalue weighted by atomic mass is 10.2. The van der Waals surface area contributed by atoms with Gasteiger partial charge in [0.25, 0.3) is 0 Å². The molecule has 1 aromatic heterocycles. The molecule has 0 aliphatic carbocycles. The molecule has 0 amide bonds. The van der Waals surface area contributed by atoms with Gasteiger partial charge in [-0.15, -0.1) is 11.3 Å². The van der Waals surface area contributed by atoms with E-state index < -0.39 is 15.1 Å². The molecule has 0 saturated heterocycles. The van der Waals surface area contributed by atoms with Gasteiger partial charge in [-0.05, 0) is 42.4 Å². The van der Waals surface area contributed by atoms with E-state index >= 15 is 0 Å². The minimum Gasteiger partial charge on any atom is -0.308 e. The molecule has 2 unspecified atom stereocenters. The highest BCUT2D eigenvalue weighted by Gasteiger charge is 2.28. The Morgan fingerprint density at radius 2 is 2.12 bits per heavy atom. The lowest BCUT2D eigenvalue weighted by Crippen LogP contribution is -2.34. The molecule has 98 valence electrons. The summed E-state index contributed by atoms with van der Waals surface area (Å²) in [5.74, 6) is 0. The van der Waals surface area contributed by atoms with Crippen LogP contribution in [-0.4, -0.2) is 26.5 Å². The monoisotopic (exact) mass is 339 g/mol. The first kappa shape index (κ1) is 15.1. The predicted octanol–water partition coefficient (Wildman–Crippen LogP) is 2.90. The van der Waals surface area contributed by atoms with Crippen molar-refractivity contribution in [2.75, 3.05) is 12.8 Å². The van der Waals surface area contributed by atoms with Gasteiger partial charge in [0.15, 0.2) is 9.84 Å². The maximum atomic E-state index is 11.7. The molecule has 1 rings (SSSR count). The summed E-state index contributed by atoms with van der Waals surface area (Å²) in [7, 11) is -3.05. The molecular weight excluding hydrogens is 322 g/mol. The van der Waals surface area contributed by atoms with Gasteiger partial charge in [-0.2, -0.15) is 0 Å². The quantitative estimate of drug-likeness (QED) is 0.897. The molecule has 0 aliphatic rings. The van der Waals surface area contributed by atoms with Gasteiger partial charge in [0.05, 0.1) is 11.3 Å². The van der Waals surface area contributed by atoms with Crippen molar-refractivity contribution in [3.05, 3.63) is 20.3 Å². The lowest BCUT2D eigenvalue weighted by molar-refractivity contribution is 0.518. The molecule has 17 heavy (non-hydrogen) atoms. The minimum absolute atomic E-state index is 0.134. The van der Waals surface area contributed by atoms with Crippen molar-refractivity contribution >= 4 is 37.1 Å². The number of halogens is 1. The van der Waals surface area contributed by atoms with Crippen LogP contribution in [0.15, 0.2) is 10.5 Å². The smallest absolute Gasteiger partial charge is 0.151 e. The van der Waals surface area contributed by atoms with Crippen LogP contribution in [0.4, 0.5) is 0 Å². The van der Waals surface area contributed by atoms with Crippen LogP contribution in [0, 0.1) is 6.92 Å². The molecule has 0 fully saturated rings. The summed E-state index contributed by atoms with van der Waals surface area (Å²) >= 11 is 5.10. The second-order valence-corrected chi connectivity index (χ2v) is 8.67. The van der Waals surface area contributed by atoms with Gasteiger partial charge in [0.1, 0.15) is 0 Å². The van der Waals surface area contributed by atoms with Crippen LogP contribution in [0.1, 0.15) is 29.6 Å². The van der Waals surface area contributed by atoms with Crippen LogP contribution in [0.3, 0.4) is 0 Å². The summed E-state index contributed by atoms with van der Waals surface area (Å²) in [4.78, 5) is 2.23. The molecule has 1 heterocycles. The van der Waals surface area contributed by atoms with E-state index in [4.69, 9.17) is 0 Å². The van der Waals surface area contributed by atoms with Gasteiger partial charge in [0.2, 0.25) is 0 Å².